The van der Waals surface area contributed by atoms with E-state index < -0.39 is 62.8 Å². The average Bonchev–Trinajstić information content (AvgIpc) is 3.53. The molecule has 0 aromatic heterocycles. The number of hydrogen-bond acceptors (Lipinski definition) is 9. The normalized spacial score (nSPS) is 38.4. The number of benzene rings is 1. The number of ether oxygens (including phenoxy) is 3. The van der Waals surface area contributed by atoms with E-state index in [1.54, 1.807) is 0 Å². The Hall–Kier alpha value is -2.79. The predicted octanol–water partition coefficient (Wildman–Crippen LogP) is 4.37. The summed E-state index contributed by atoms with van der Waals surface area (Å²) in [6, 6.07) is 2.64. The molecule has 7 fully saturated rings. The van der Waals surface area contributed by atoms with Gasteiger partial charge in [-0.1, -0.05) is 34.6 Å². The van der Waals surface area contributed by atoms with Crippen LogP contribution in [-0.2, 0) is 44.2 Å². The molecule has 8 rings (SSSR count). The van der Waals surface area contributed by atoms with Crippen LogP contribution in [0.3, 0.4) is 0 Å². The van der Waals surface area contributed by atoms with Crippen LogP contribution in [0.1, 0.15) is 90.2 Å². The monoisotopic (exact) mass is 628 g/mol. The molecule has 6 bridgehead atoms. The molecule has 0 spiro atoms. The zero-order valence-corrected chi connectivity index (χ0v) is 26.5. The van der Waals surface area contributed by atoms with Crippen LogP contribution in [0.15, 0.2) is 17.0 Å². The fourth-order valence-corrected chi connectivity index (χ4v) is 10.3. The van der Waals surface area contributed by atoms with Crippen molar-refractivity contribution in [1.82, 2.24) is 0 Å². The van der Waals surface area contributed by atoms with Crippen LogP contribution in [0.5, 0.6) is 5.75 Å². The van der Waals surface area contributed by atoms with Gasteiger partial charge in [0.1, 0.15) is 23.7 Å². The molecular formula is C33H40O10S. The minimum atomic E-state index is -4.53. The van der Waals surface area contributed by atoms with E-state index >= 15 is 0 Å². The Bertz CT molecular complexity index is 1570. The van der Waals surface area contributed by atoms with Gasteiger partial charge >= 0.3 is 17.9 Å². The van der Waals surface area contributed by atoms with Crippen molar-refractivity contribution in [2.45, 2.75) is 102 Å². The summed E-state index contributed by atoms with van der Waals surface area (Å²) in [6.45, 7) is 9.21. The van der Waals surface area contributed by atoms with Crippen molar-refractivity contribution in [3.63, 3.8) is 0 Å². The number of hydrogen-bond donors (Lipinski definition) is 1. The number of carbonyl (C=O) groups excluding carboxylic acids is 4. The number of carbonyl (C=O) groups is 4. The van der Waals surface area contributed by atoms with E-state index in [9.17, 15) is 32.1 Å². The first-order valence-corrected chi connectivity index (χ1v) is 17.3. The number of Topliss-reactive ketones (excluding diaryl/α,β-unsaturated/α-hetero) is 1. The van der Waals surface area contributed by atoms with Gasteiger partial charge in [0, 0.05) is 29.2 Å². The molecule has 7 aliphatic rings. The van der Waals surface area contributed by atoms with Crippen LogP contribution in [0.25, 0.3) is 0 Å². The standard InChI is InChI=1S/C33H40O10S/c1-14(2)19-8-18(44(38,39)40)9-22(32(3,4)5)26(19)41-29(35)24-21-10-20-23(24)30(36)42-27(20)28(21)43-31(37)33-11-15-6-16(12-33)25(34)17(7-15)13-33/h8-9,14-17,20-21,23-24,27-28H,6-7,10-13H2,1-5H3,(H,38,39,40). The molecule has 44 heavy (non-hydrogen) atoms. The maximum absolute atomic E-state index is 14.1. The second kappa shape index (κ2) is 9.61. The lowest BCUT2D eigenvalue weighted by Gasteiger charge is -2.54. The summed E-state index contributed by atoms with van der Waals surface area (Å²) < 4.78 is 52.2. The summed E-state index contributed by atoms with van der Waals surface area (Å²) in [7, 11) is -4.53. The first kappa shape index (κ1) is 29.9. The highest BCUT2D eigenvalue weighted by atomic mass is 32.2. The molecule has 8 atom stereocenters. The molecule has 1 aromatic rings. The maximum atomic E-state index is 14.1. The number of ketones is 1. The van der Waals surface area contributed by atoms with Crippen molar-refractivity contribution >= 4 is 33.8 Å². The van der Waals surface area contributed by atoms with E-state index in [2.05, 4.69) is 0 Å². The van der Waals surface area contributed by atoms with Crippen LogP contribution in [0.4, 0.5) is 0 Å². The Kier molecular flexibility index (Phi) is 6.53. The number of esters is 3. The van der Waals surface area contributed by atoms with E-state index in [1.807, 2.05) is 34.6 Å². The van der Waals surface area contributed by atoms with Gasteiger partial charge in [-0.2, -0.15) is 8.42 Å². The molecule has 1 aliphatic heterocycles. The van der Waals surface area contributed by atoms with Crippen LogP contribution in [0, 0.1) is 46.8 Å². The van der Waals surface area contributed by atoms with Gasteiger partial charge in [-0.05, 0) is 73.5 Å². The van der Waals surface area contributed by atoms with Crippen molar-refractivity contribution < 1.29 is 46.4 Å². The molecule has 1 saturated heterocycles. The van der Waals surface area contributed by atoms with Crippen molar-refractivity contribution in [3.05, 3.63) is 23.3 Å². The van der Waals surface area contributed by atoms with E-state index in [4.69, 9.17) is 14.2 Å². The second-order valence-corrected chi connectivity index (χ2v) is 17.0. The van der Waals surface area contributed by atoms with Gasteiger partial charge in [-0.25, -0.2) is 0 Å². The molecule has 10 nitrogen and oxygen atoms in total. The summed E-state index contributed by atoms with van der Waals surface area (Å²) >= 11 is 0. The van der Waals surface area contributed by atoms with Gasteiger partial charge in [0.15, 0.2) is 0 Å². The number of fused-ring (bicyclic) bond motifs is 1. The molecule has 1 heterocycles. The summed E-state index contributed by atoms with van der Waals surface area (Å²) in [6.07, 6.45) is 2.51. The van der Waals surface area contributed by atoms with Crippen molar-refractivity contribution in [2.24, 2.45) is 46.8 Å². The minimum Gasteiger partial charge on any atom is -0.458 e. The second-order valence-electron chi connectivity index (χ2n) is 15.6. The predicted molar refractivity (Wildman–Crippen MR) is 154 cm³/mol. The zero-order valence-electron chi connectivity index (χ0n) is 25.7. The van der Waals surface area contributed by atoms with Crippen LogP contribution < -0.4 is 4.74 Å². The van der Waals surface area contributed by atoms with Gasteiger partial charge in [0.2, 0.25) is 0 Å². The van der Waals surface area contributed by atoms with Gasteiger partial charge < -0.3 is 14.2 Å². The highest BCUT2D eigenvalue weighted by molar-refractivity contribution is 7.85. The topological polar surface area (TPSA) is 150 Å². The molecule has 1 N–H and O–H groups in total. The Morgan fingerprint density at radius 3 is 2.27 bits per heavy atom. The minimum absolute atomic E-state index is 0.0929. The third-order valence-electron chi connectivity index (χ3n) is 11.5. The highest BCUT2D eigenvalue weighted by Crippen LogP contribution is 2.62. The van der Waals surface area contributed by atoms with Gasteiger partial charge in [-0.15, -0.1) is 0 Å². The van der Waals surface area contributed by atoms with Crippen molar-refractivity contribution in [3.8, 4) is 5.75 Å². The molecule has 238 valence electrons. The summed E-state index contributed by atoms with van der Waals surface area (Å²) in [5, 5.41) is 0. The molecule has 0 amide bonds. The van der Waals surface area contributed by atoms with Gasteiger partial charge in [-0.3, -0.25) is 23.7 Å². The molecule has 0 radical (unpaired) electrons. The summed E-state index contributed by atoms with van der Waals surface area (Å²) in [5.74, 6) is -3.43. The molecule has 6 aliphatic carbocycles. The van der Waals surface area contributed by atoms with Crippen LogP contribution >= 0.6 is 0 Å². The lowest BCUT2D eigenvalue weighted by molar-refractivity contribution is -0.188. The Labute approximate surface area is 257 Å². The SMILES string of the molecule is CC(C)c1cc(S(=O)(=O)O)cc(C(C)(C)C)c1OC(=O)C1C2CC3C(OC(=O)C31)C2OC(=O)C12CC3CC(C1)C(=O)C(C3)C2. The maximum Gasteiger partial charge on any atom is 0.315 e. The molecule has 8 unspecified atom stereocenters. The fraction of sp³-hybridized carbons (Fsp3) is 0.697. The largest absolute Gasteiger partial charge is 0.458 e. The number of rotatable bonds is 6. The average molecular weight is 629 g/mol. The van der Waals surface area contributed by atoms with Gasteiger partial charge in [0.25, 0.3) is 10.1 Å². The lowest BCUT2D eigenvalue weighted by atomic mass is 9.49. The summed E-state index contributed by atoms with van der Waals surface area (Å²) in [4.78, 5) is 53.5. The smallest absolute Gasteiger partial charge is 0.315 e. The Morgan fingerprint density at radius 1 is 1.02 bits per heavy atom. The quantitative estimate of drug-likeness (QED) is 0.273. The first-order chi connectivity index (χ1) is 20.5. The van der Waals surface area contributed by atoms with Crippen LogP contribution in [0.2, 0.25) is 0 Å². The summed E-state index contributed by atoms with van der Waals surface area (Å²) in [5.41, 5.74) is -0.497. The highest BCUT2D eigenvalue weighted by Gasteiger charge is 2.71. The molecular weight excluding hydrogens is 588 g/mol. The van der Waals surface area contributed by atoms with Crippen LogP contribution in [-0.4, -0.2) is 48.9 Å². The van der Waals surface area contributed by atoms with Crippen molar-refractivity contribution in [2.75, 3.05) is 0 Å². The van der Waals surface area contributed by atoms with Gasteiger partial charge in [0.05, 0.1) is 22.1 Å². The first-order valence-electron chi connectivity index (χ1n) is 15.8. The van der Waals surface area contributed by atoms with E-state index in [0.717, 1.165) is 12.8 Å². The Morgan fingerprint density at radius 2 is 1.68 bits per heavy atom. The zero-order chi connectivity index (χ0) is 31.7. The third kappa shape index (κ3) is 4.39. The van der Waals surface area contributed by atoms with E-state index in [1.165, 1.54) is 12.1 Å². The third-order valence-corrected chi connectivity index (χ3v) is 12.3. The lowest BCUT2D eigenvalue weighted by Crippen LogP contribution is -2.56. The molecule has 1 aromatic carbocycles. The van der Waals surface area contributed by atoms with E-state index in [0.29, 0.717) is 42.7 Å². The van der Waals surface area contributed by atoms with Crippen molar-refractivity contribution in [1.29, 1.82) is 0 Å². The Balaban J connectivity index is 1.19. The van der Waals surface area contributed by atoms with E-state index in [-0.39, 0.29) is 46.1 Å². The molecule has 11 heteroatoms. The molecule has 6 saturated carbocycles. The fourth-order valence-electron chi connectivity index (χ4n) is 9.76.